The highest BCUT2D eigenvalue weighted by Gasteiger charge is 2.15. The van der Waals surface area contributed by atoms with Crippen molar-refractivity contribution in [2.24, 2.45) is 0 Å². The third-order valence-electron chi connectivity index (χ3n) is 4.30. The molecule has 0 unspecified atom stereocenters. The lowest BCUT2D eigenvalue weighted by Gasteiger charge is -2.12. The van der Waals surface area contributed by atoms with E-state index in [2.05, 4.69) is 16.2 Å². The lowest BCUT2D eigenvalue weighted by molar-refractivity contribution is 0.0847. The number of nitrogens with one attached hydrogen (secondary N) is 3. The van der Waals surface area contributed by atoms with Crippen molar-refractivity contribution in [3.63, 3.8) is 0 Å². The van der Waals surface area contributed by atoms with Crippen LogP contribution in [0.4, 0.5) is 5.69 Å². The molecule has 0 aliphatic rings. The van der Waals surface area contributed by atoms with E-state index < -0.39 is 11.8 Å². The third-order valence-corrected chi connectivity index (χ3v) is 4.30. The Morgan fingerprint density at radius 3 is 2.03 bits per heavy atom. The molecular weight excluding hydrogens is 366 g/mol. The number of aryl methyl sites for hydroxylation is 2. The standard InChI is InChI=1S/C23H21N3O3/c1-15-10-12-17(13-11-15)21(27)24-20-9-4-3-8-19(20)23(29)26-25-22(28)18-7-5-6-16(2)14-18/h3-14H,1-2H3,(H,24,27)(H,25,28)(H,26,29). The van der Waals surface area contributed by atoms with Crippen LogP contribution in [0.2, 0.25) is 0 Å². The van der Waals surface area contributed by atoms with Gasteiger partial charge in [-0.15, -0.1) is 0 Å². The number of hydrogen-bond donors (Lipinski definition) is 3. The van der Waals surface area contributed by atoms with E-state index >= 15 is 0 Å². The van der Waals surface area contributed by atoms with E-state index in [4.69, 9.17) is 0 Å². The van der Waals surface area contributed by atoms with Crippen LogP contribution >= 0.6 is 0 Å². The predicted molar refractivity (Wildman–Crippen MR) is 112 cm³/mol. The number of amides is 3. The highest BCUT2D eigenvalue weighted by molar-refractivity contribution is 6.09. The minimum atomic E-state index is -0.536. The Bertz CT molecular complexity index is 1060. The third kappa shape index (κ3) is 5.07. The monoisotopic (exact) mass is 387 g/mol. The van der Waals surface area contributed by atoms with Gasteiger partial charge in [-0.1, -0.05) is 47.5 Å². The molecule has 6 heteroatoms. The molecule has 3 amide bonds. The topological polar surface area (TPSA) is 87.3 Å². The van der Waals surface area contributed by atoms with Gasteiger partial charge >= 0.3 is 0 Å². The van der Waals surface area contributed by atoms with Gasteiger partial charge in [-0.3, -0.25) is 25.2 Å². The van der Waals surface area contributed by atoms with E-state index in [9.17, 15) is 14.4 Å². The van der Waals surface area contributed by atoms with Gasteiger partial charge < -0.3 is 5.32 Å². The summed E-state index contributed by atoms with van der Waals surface area (Å²) in [6.45, 7) is 3.81. The molecule has 0 saturated heterocycles. The quantitative estimate of drug-likeness (QED) is 0.598. The molecule has 29 heavy (non-hydrogen) atoms. The van der Waals surface area contributed by atoms with Crippen molar-refractivity contribution < 1.29 is 14.4 Å². The van der Waals surface area contributed by atoms with Crippen molar-refractivity contribution in [1.29, 1.82) is 0 Å². The number of hydrazine groups is 1. The van der Waals surface area contributed by atoms with E-state index in [1.807, 2.05) is 32.0 Å². The van der Waals surface area contributed by atoms with Gasteiger partial charge in [-0.25, -0.2) is 0 Å². The summed E-state index contributed by atoms with van der Waals surface area (Å²) in [5.41, 5.74) is 8.27. The van der Waals surface area contributed by atoms with Gasteiger partial charge in [0.05, 0.1) is 11.3 Å². The van der Waals surface area contributed by atoms with Gasteiger partial charge in [0.15, 0.2) is 0 Å². The summed E-state index contributed by atoms with van der Waals surface area (Å²) >= 11 is 0. The molecule has 0 radical (unpaired) electrons. The minimum absolute atomic E-state index is 0.234. The number of para-hydroxylation sites is 1. The normalized spacial score (nSPS) is 10.1. The number of anilines is 1. The maximum Gasteiger partial charge on any atom is 0.271 e. The molecule has 0 saturated carbocycles. The molecule has 0 spiro atoms. The first-order valence-electron chi connectivity index (χ1n) is 9.08. The Hall–Kier alpha value is -3.93. The van der Waals surface area contributed by atoms with Crippen molar-refractivity contribution in [2.75, 3.05) is 5.32 Å². The Kier molecular flexibility index (Phi) is 6.04. The number of hydrogen-bond acceptors (Lipinski definition) is 3. The van der Waals surface area contributed by atoms with E-state index in [0.717, 1.165) is 11.1 Å². The fourth-order valence-electron chi connectivity index (χ4n) is 2.73. The summed E-state index contributed by atoms with van der Waals surface area (Å²) in [6, 6.07) is 20.7. The molecule has 0 bridgehead atoms. The first-order valence-corrected chi connectivity index (χ1v) is 9.08. The van der Waals surface area contributed by atoms with Crippen LogP contribution in [0.25, 0.3) is 0 Å². The van der Waals surface area contributed by atoms with Crippen LogP contribution in [0.5, 0.6) is 0 Å². The van der Waals surface area contributed by atoms with Crippen LogP contribution in [-0.4, -0.2) is 17.7 Å². The lowest BCUT2D eigenvalue weighted by Crippen LogP contribution is -2.41. The molecule has 0 heterocycles. The van der Waals surface area contributed by atoms with Crippen molar-refractivity contribution in [3.05, 3.63) is 101 Å². The second kappa shape index (κ2) is 8.84. The van der Waals surface area contributed by atoms with Crippen LogP contribution in [-0.2, 0) is 0 Å². The molecule has 0 aliphatic carbocycles. The molecule has 3 aromatic carbocycles. The van der Waals surface area contributed by atoms with E-state index in [1.54, 1.807) is 54.6 Å². The van der Waals surface area contributed by atoms with Crippen LogP contribution in [0, 0.1) is 13.8 Å². The predicted octanol–water partition coefficient (Wildman–Crippen LogP) is 3.63. The molecule has 0 aliphatic heterocycles. The van der Waals surface area contributed by atoms with Crippen LogP contribution in [0.15, 0.2) is 72.8 Å². The van der Waals surface area contributed by atoms with Crippen LogP contribution in [0.1, 0.15) is 42.2 Å². The minimum Gasteiger partial charge on any atom is -0.321 e. The maximum atomic E-state index is 12.6. The van der Waals surface area contributed by atoms with Gasteiger partial charge in [0.1, 0.15) is 0 Å². The largest absolute Gasteiger partial charge is 0.321 e. The fourth-order valence-corrected chi connectivity index (χ4v) is 2.73. The zero-order valence-electron chi connectivity index (χ0n) is 16.2. The van der Waals surface area contributed by atoms with Gasteiger partial charge in [-0.05, 0) is 50.2 Å². The molecular formula is C23H21N3O3. The zero-order valence-corrected chi connectivity index (χ0v) is 16.2. The average molecular weight is 387 g/mol. The van der Waals surface area contributed by atoms with Gasteiger partial charge in [0.2, 0.25) is 0 Å². The van der Waals surface area contributed by atoms with Crippen LogP contribution in [0.3, 0.4) is 0 Å². The second-order valence-corrected chi connectivity index (χ2v) is 6.64. The molecule has 0 atom stereocenters. The highest BCUT2D eigenvalue weighted by atomic mass is 16.2. The van der Waals surface area contributed by atoms with Crippen molar-refractivity contribution in [2.45, 2.75) is 13.8 Å². The molecule has 6 nitrogen and oxygen atoms in total. The van der Waals surface area contributed by atoms with Gasteiger partial charge in [-0.2, -0.15) is 0 Å². The Morgan fingerprint density at radius 1 is 0.621 bits per heavy atom. The summed E-state index contributed by atoms with van der Waals surface area (Å²) in [6.07, 6.45) is 0. The lowest BCUT2D eigenvalue weighted by atomic mass is 10.1. The molecule has 3 N–H and O–H groups in total. The molecule has 146 valence electrons. The first kappa shape index (κ1) is 19.8. The molecule has 3 aromatic rings. The number of carbonyl (C=O) groups excluding carboxylic acids is 3. The Balaban J connectivity index is 1.69. The highest BCUT2D eigenvalue weighted by Crippen LogP contribution is 2.16. The summed E-state index contributed by atoms with van der Waals surface area (Å²) in [5.74, 6) is -1.29. The zero-order chi connectivity index (χ0) is 20.8. The molecule has 0 fully saturated rings. The Morgan fingerprint density at radius 2 is 1.31 bits per heavy atom. The average Bonchev–Trinajstić information content (AvgIpc) is 2.72. The fraction of sp³-hybridized carbons (Fsp3) is 0.0870. The SMILES string of the molecule is Cc1ccc(C(=O)Nc2ccccc2C(=O)NNC(=O)c2cccc(C)c2)cc1. The summed E-state index contributed by atoms with van der Waals surface area (Å²) in [5, 5.41) is 2.74. The number of benzene rings is 3. The van der Waals surface area contributed by atoms with Gasteiger partial charge in [0.25, 0.3) is 17.7 Å². The van der Waals surface area contributed by atoms with E-state index in [1.165, 1.54) is 0 Å². The van der Waals surface area contributed by atoms with E-state index in [0.29, 0.717) is 16.8 Å². The smallest absolute Gasteiger partial charge is 0.271 e. The number of rotatable bonds is 4. The van der Waals surface area contributed by atoms with Gasteiger partial charge in [0, 0.05) is 11.1 Å². The van der Waals surface area contributed by atoms with Crippen molar-refractivity contribution in [3.8, 4) is 0 Å². The van der Waals surface area contributed by atoms with Crippen LogP contribution < -0.4 is 16.2 Å². The summed E-state index contributed by atoms with van der Waals surface area (Å²) in [4.78, 5) is 37.2. The summed E-state index contributed by atoms with van der Waals surface area (Å²) < 4.78 is 0. The Labute approximate surface area is 168 Å². The number of carbonyl (C=O) groups is 3. The van der Waals surface area contributed by atoms with E-state index in [-0.39, 0.29) is 11.5 Å². The van der Waals surface area contributed by atoms with Crippen molar-refractivity contribution in [1.82, 2.24) is 10.9 Å². The van der Waals surface area contributed by atoms with Crippen molar-refractivity contribution >= 4 is 23.4 Å². The summed E-state index contributed by atoms with van der Waals surface area (Å²) in [7, 11) is 0. The maximum absolute atomic E-state index is 12.6. The molecule has 0 aromatic heterocycles. The second-order valence-electron chi connectivity index (χ2n) is 6.64. The first-order chi connectivity index (χ1) is 13.9. The molecule has 3 rings (SSSR count).